The Morgan fingerprint density at radius 3 is 2.76 bits per heavy atom. The molecule has 0 unspecified atom stereocenters. The Labute approximate surface area is 252 Å². The third-order valence-corrected chi connectivity index (χ3v) is 8.90. The third kappa shape index (κ3) is 7.88. The Balaban J connectivity index is 1.37. The van der Waals surface area contributed by atoms with Gasteiger partial charge in [0.15, 0.2) is 11.9 Å². The number of fused-ring (bicyclic) bond motifs is 1. The van der Waals surface area contributed by atoms with Gasteiger partial charge in [-0.05, 0) is 69.9 Å². The molecule has 218 valence electrons. The average Bonchev–Trinajstić information content (AvgIpc) is 3.38. The van der Waals surface area contributed by atoms with E-state index in [1.54, 1.807) is 0 Å². The van der Waals surface area contributed by atoms with Gasteiger partial charge in [-0.2, -0.15) is 0 Å². The van der Waals surface area contributed by atoms with Crippen molar-refractivity contribution in [2.24, 2.45) is 0 Å². The van der Waals surface area contributed by atoms with Crippen LogP contribution in [0.4, 0.5) is 0 Å². The standard InChI is InChI=1S/C31H36BrN3O5S/c1-31(2,3)41(36)35-26(20-22-9-8-12-28(33-22)37-17-18-39-29-13-6-7-16-38-29)23-10-4-5-11-24(23)30-25-15-14-21(32)19-27(25)40-34-30/h4-5,8-12,14-15,19,26,29,35H,6-7,13,16-18,20H2,1-3H3/t26-,29-,41-/m0/s1. The number of benzene rings is 2. The van der Waals surface area contributed by atoms with E-state index in [0.29, 0.717) is 31.1 Å². The molecule has 0 saturated carbocycles. The summed E-state index contributed by atoms with van der Waals surface area (Å²) in [6, 6.07) is 19.3. The van der Waals surface area contributed by atoms with Crippen LogP contribution in [0.3, 0.4) is 0 Å². The fourth-order valence-electron chi connectivity index (χ4n) is 4.67. The highest BCUT2D eigenvalue weighted by molar-refractivity contribution is 9.10. The smallest absolute Gasteiger partial charge is 0.213 e. The second-order valence-corrected chi connectivity index (χ2v) is 13.9. The first kappa shape index (κ1) is 30.0. The van der Waals surface area contributed by atoms with Gasteiger partial charge >= 0.3 is 0 Å². The summed E-state index contributed by atoms with van der Waals surface area (Å²) >= 11 is 2.17. The van der Waals surface area contributed by atoms with Crippen LogP contribution in [0.1, 0.15) is 57.3 Å². The van der Waals surface area contributed by atoms with Crippen molar-refractivity contribution >= 4 is 38.3 Å². The van der Waals surface area contributed by atoms with Crippen LogP contribution in [-0.4, -0.2) is 45.6 Å². The van der Waals surface area contributed by atoms with Crippen LogP contribution in [0.5, 0.6) is 5.88 Å². The zero-order chi connectivity index (χ0) is 28.8. The van der Waals surface area contributed by atoms with Gasteiger partial charge in [0.05, 0.1) is 12.6 Å². The molecule has 2 aromatic carbocycles. The Morgan fingerprint density at radius 2 is 1.95 bits per heavy atom. The van der Waals surface area contributed by atoms with Gasteiger partial charge in [0.2, 0.25) is 5.88 Å². The molecule has 0 amide bonds. The lowest BCUT2D eigenvalue weighted by molar-refractivity contribution is -0.165. The predicted molar refractivity (Wildman–Crippen MR) is 164 cm³/mol. The first-order chi connectivity index (χ1) is 19.8. The third-order valence-electron chi connectivity index (χ3n) is 6.80. The zero-order valence-corrected chi connectivity index (χ0v) is 26.0. The predicted octanol–water partition coefficient (Wildman–Crippen LogP) is 6.91. The molecule has 0 bridgehead atoms. The maximum absolute atomic E-state index is 13.3. The molecule has 0 spiro atoms. The molecule has 41 heavy (non-hydrogen) atoms. The fraction of sp³-hybridized carbons (Fsp3) is 0.419. The Morgan fingerprint density at radius 1 is 1.10 bits per heavy atom. The highest BCUT2D eigenvalue weighted by Crippen LogP contribution is 2.36. The Hall–Kier alpha value is -2.47. The highest BCUT2D eigenvalue weighted by Gasteiger charge is 2.31. The van der Waals surface area contributed by atoms with E-state index < -0.39 is 16.1 Å². The molecule has 4 aromatic rings. The maximum Gasteiger partial charge on any atom is 0.213 e. The lowest BCUT2D eigenvalue weighted by atomic mass is 9.94. The van der Waals surface area contributed by atoms with Crippen molar-refractivity contribution in [2.75, 3.05) is 19.8 Å². The molecule has 0 aliphatic carbocycles. The van der Waals surface area contributed by atoms with Crippen LogP contribution < -0.4 is 9.46 Å². The van der Waals surface area contributed by atoms with E-state index in [1.807, 2.05) is 81.4 Å². The molecule has 3 heterocycles. The fourth-order valence-corrected chi connectivity index (χ4v) is 5.83. The van der Waals surface area contributed by atoms with Gasteiger partial charge in [-0.1, -0.05) is 51.4 Å². The highest BCUT2D eigenvalue weighted by atomic mass is 79.9. The molecule has 3 atom stereocenters. The largest absolute Gasteiger partial charge is 0.598 e. The van der Waals surface area contributed by atoms with Crippen LogP contribution in [-0.2, 0) is 27.3 Å². The van der Waals surface area contributed by atoms with Crippen LogP contribution >= 0.6 is 15.9 Å². The van der Waals surface area contributed by atoms with Crippen molar-refractivity contribution in [3.8, 4) is 17.1 Å². The lowest BCUT2D eigenvalue weighted by Gasteiger charge is -2.29. The van der Waals surface area contributed by atoms with Crippen LogP contribution in [0.2, 0.25) is 0 Å². The quantitative estimate of drug-likeness (QED) is 0.139. The number of rotatable bonds is 11. The number of aromatic nitrogens is 2. The summed E-state index contributed by atoms with van der Waals surface area (Å²) in [5.74, 6) is 0.521. The van der Waals surface area contributed by atoms with Crippen molar-refractivity contribution in [3.05, 3.63) is 76.4 Å². The molecule has 1 N–H and O–H groups in total. The second kappa shape index (κ2) is 13.7. The molecule has 0 radical (unpaired) electrons. The Kier molecular flexibility index (Phi) is 10.0. The number of halogens is 1. The van der Waals surface area contributed by atoms with Crippen molar-refractivity contribution in [3.63, 3.8) is 0 Å². The van der Waals surface area contributed by atoms with Gasteiger partial charge in [-0.3, -0.25) is 0 Å². The minimum Gasteiger partial charge on any atom is -0.598 e. The van der Waals surface area contributed by atoms with Crippen LogP contribution in [0.25, 0.3) is 22.2 Å². The molecule has 1 aliphatic rings. The van der Waals surface area contributed by atoms with Crippen LogP contribution in [0.15, 0.2) is 69.7 Å². The van der Waals surface area contributed by atoms with Crippen LogP contribution in [0, 0.1) is 0 Å². The number of hydrogen-bond acceptors (Lipinski definition) is 8. The number of ether oxygens (including phenoxy) is 3. The Bertz CT molecular complexity index is 1440. The number of hydrogen-bond donors (Lipinski definition) is 1. The first-order valence-electron chi connectivity index (χ1n) is 13.9. The summed E-state index contributed by atoms with van der Waals surface area (Å²) in [5, 5.41) is 5.33. The molecule has 10 heteroatoms. The minimum atomic E-state index is -1.33. The van der Waals surface area contributed by atoms with Crippen molar-refractivity contribution < 1.29 is 23.3 Å². The van der Waals surface area contributed by atoms with Crippen molar-refractivity contribution in [2.45, 2.75) is 63.5 Å². The van der Waals surface area contributed by atoms with E-state index in [1.165, 1.54) is 0 Å². The van der Waals surface area contributed by atoms with E-state index >= 15 is 0 Å². The van der Waals surface area contributed by atoms with Gasteiger partial charge in [0.25, 0.3) is 0 Å². The van der Waals surface area contributed by atoms with Gasteiger partial charge < -0.3 is 23.3 Å². The van der Waals surface area contributed by atoms with Gasteiger partial charge in [-0.15, -0.1) is 4.72 Å². The number of nitrogens with zero attached hydrogens (tertiary/aromatic N) is 2. The van der Waals surface area contributed by atoms with Crippen molar-refractivity contribution in [1.29, 1.82) is 0 Å². The molecule has 1 fully saturated rings. The molecule has 1 aliphatic heterocycles. The SMILES string of the molecule is CC(C)(C)[S@+]([O-])N[C@@H](Cc1cccc(OCCO[C@H]2CCCCO2)n1)c1ccccc1-c1noc2cc(Br)ccc12. The number of pyridine rings is 1. The van der Waals surface area contributed by atoms with E-state index in [0.717, 1.165) is 58.2 Å². The van der Waals surface area contributed by atoms with E-state index in [-0.39, 0.29) is 12.3 Å². The zero-order valence-electron chi connectivity index (χ0n) is 23.6. The molecule has 5 rings (SSSR count). The second-order valence-electron chi connectivity index (χ2n) is 11.0. The van der Waals surface area contributed by atoms with E-state index in [2.05, 4.69) is 25.8 Å². The maximum atomic E-state index is 13.3. The summed E-state index contributed by atoms with van der Waals surface area (Å²) in [7, 11) is 0. The molecule has 8 nitrogen and oxygen atoms in total. The molecular weight excluding hydrogens is 606 g/mol. The summed E-state index contributed by atoms with van der Waals surface area (Å²) < 4.78 is 40.2. The van der Waals surface area contributed by atoms with Crippen molar-refractivity contribution in [1.82, 2.24) is 14.9 Å². The minimum absolute atomic E-state index is 0.148. The topological polar surface area (TPSA) is 102 Å². The monoisotopic (exact) mass is 641 g/mol. The average molecular weight is 643 g/mol. The number of nitrogens with one attached hydrogen (secondary N) is 1. The first-order valence-corrected chi connectivity index (χ1v) is 15.9. The molecule has 2 aromatic heterocycles. The van der Waals surface area contributed by atoms with E-state index in [9.17, 15) is 4.55 Å². The molecular formula is C31H36BrN3O5S. The summed E-state index contributed by atoms with van der Waals surface area (Å²) in [4.78, 5) is 4.76. The van der Waals surface area contributed by atoms with Gasteiger partial charge in [-0.25, -0.2) is 4.98 Å². The summed E-state index contributed by atoms with van der Waals surface area (Å²) in [6.45, 7) is 7.42. The summed E-state index contributed by atoms with van der Waals surface area (Å²) in [6.07, 6.45) is 3.47. The van der Waals surface area contributed by atoms with E-state index in [4.69, 9.17) is 23.7 Å². The normalized spacial score (nSPS) is 17.4. The molecule has 1 saturated heterocycles. The van der Waals surface area contributed by atoms with Gasteiger partial charge in [0, 0.05) is 51.6 Å². The van der Waals surface area contributed by atoms with Gasteiger partial charge in [0.1, 0.15) is 17.0 Å². The summed E-state index contributed by atoms with van der Waals surface area (Å²) in [5.41, 5.74) is 4.11. The lowest BCUT2D eigenvalue weighted by Crippen LogP contribution is -2.42.